The molecule has 2 atom stereocenters. The van der Waals surface area contributed by atoms with Gasteiger partial charge in [-0.3, -0.25) is 4.79 Å². The van der Waals surface area contributed by atoms with E-state index in [-0.39, 0.29) is 24.4 Å². The highest BCUT2D eigenvalue weighted by molar-refractivity contribution is 6.34. The lowest BCUT2D eigenvalue weighted by atomic mass is 9.83. The van der Waals surface area contributed by atoms with Crippen molar-refractivity contribution in [2.45, 2.75) is 38.6 Å². The number of rotatable bonds is 3. The molecule has 3 rings (SSSR count). The number of hydrogen-bond donors (Lipinski definition) is 1. The van der Waals surface area contributed by atoms with Gasteiger partial charge in [0.05, 0.1) is 16.6 Å². The Morgan fingerprint density at radius 3 is 2.76 bits per heavy atom. The van der Waals surface area contributed by atoms with Gasteiger partial charge in [-0.25, -0.2) is 0 Å². The van der Waals surface area contributed by atoms with Gasteiger partial charge in [-0.2, -0.15) is 0 Å². The summed E-state index contributed by atoms with van der Waals surface area (Å²) in [5.74, 6) is 0.498. The highest BCUT2D eigenvalue weighted by Gasteiger charge is 2.42. The second kappa shape index (κ2) is 6.55. The maximum atomic E-state index is 12.8. The van der Waals surface area contributed by atoms with Gasteiger partial charge in [-0.15, -0.1) is 12.4 Å². The maximum Gasteiger partial charge on any atom is 0.255 e. The van der Waals surface area contributed by atoms with E-state index in [0.29, 0.717) is 10.9 Å². The summed E-state index contributed by atoms with van der Waals surface area (Å²) in [6.07, 6.45) is 1.93. The van der Waals surface area contributed by atoms with E-state index >= 15 is 0 Å². The molecule has 1 fully saturated rings. The quantitative estimate of drug-likeness (QED) is 0.923. The van der Waals surface area contributed by atoms with Gasteiger partial charge in [-0.1, -0.05) is 31.5 Å². The molecule has 0 bridgehead atoms. The minimum atomic E-state index is 0. The highest BCUT2D eigenvalue weighted by atomic mass is 35.5. The fourth-order valence-corrected chi connectivity index (χ4v) is 3.85. The second-order valence-electron chi connectivity index (χ2n) is 5.73. The van der Waals surface area contributed by atoms with Crippen molar-refractivity contribution in [1.29, 1.82) is 0 Å². The molecule has 2 aliphatic heterocycles. The van der Waals surface area contributed by atoms with Gasteiger partial charge in [-0.05, 0) is 30.0 Å². The molecule has 0 aliphatic carbocycles. The van der Waals surface area contributed by atoms with Crippen molar-refractivity contribution in [1.82, 2.24) is 10.2 Å². The number of benzene rings is 1. The van der Waals surface area contributed by atoms with Gasteiger partial charge in [0.25, 0.3) is 5.91 Å². The maximum absolute atomic E-state index is 12.8. The average molecular weight is 329 g/mol. The molecule has 1 aromatic rings. The van der Waals surface area contributed by atoms with Crippen LogP contribution in [-0.2, 0) is 6.42 Å². The number of hydrogen-bond acceptors (Lipinski definition) is 2. The van der Waals surface area contributed by atoms with E-state index in [4.69, 9.17) is 11.6 Å². The molecule has 21 heavy (non-hydrogen) atoms. The van der Waals surface area contributed by atoms with Crippen molar-refractivity contribution >= 4 is 29.9 Å². The van der Waals surface area contributed by atoms with Crippen LogP contribution in [0.25, 0.3) is 0 Å². The Bertz CT molecular complexity index is 547. The van der Waals surface area contributed by atoms with E-state index < -0.39 is 0 Å². The molecule has 1 amide bonds. The zero-order valence-electron chi connectivity index (χ0n) is 12.5. The Hall–Kier alpha value is -0.770. The molecular weight excluding hydrogens is 307 g/mol. The molecule has 1 saturated heterocycles. The van der Waals surface area contributed by atoms with Crippen LogP contribution in [0.1, 0.15) is 47.7 Å². The van der Waals surface area contributed by atoms with Crippen LogP contribution in [0.5, 0.6) is 0 Å². The molecule has 5 heteroatoms. The number of fused-ring (bicyclic) bond motifs is 3. The molecule has 3 nitrogen and oxygen atoms in total. The van der Waals surface area contributed by atoms with Crippen molar-refractivity contribution in [3.05, 3.63) is 33.8 Å². The molecule has 2 aliphatic rings. The van der Waals surface area contributed by atoms with Gasteiger partial charge in [0.2, 0.25) is 0 Å². The van der Waals surface area contributed by atoms with Crippen LogP contribution >= 0.6 is 24.0 Å². The van der Waals surface area contributed by atoms with Crippen LogP contribution in [-0.4, -0.2) is 36.5 Å². The summed E-state index contributed by atoms with van der Waals surface area (Å²) in [7, 11) is 0. The van der Waals surface area contributed by atoms with Crippen LogP contribution in [0.3, 0.4) is 0 Å². The molecule has 0 spiro atoms. The molecule has 1 N–H and O–H groups in total. The third kappa shape index (κ3) is 2.67. The van der Waals surface area contributed by atoms with Crippen molar-refractivity contribution in [3.63, 3.8) is 0 Å². The monoisotopic (exact) mass is 328 g/mol. The van der Waals surface area contributed by atoms with E-state index in [0.717, 1.165) is 43.6 Å². The summed E-state index contributed by atoms with van der Waals surface area (Å²) in [5, 5.41) is 4.06. The van der Waals surface area contributed by atoms with Crippen molar-refractivity contribution < 1.29 is 4.79 Å². The molecule has 0 saturated carbocycles. The van der Waals surface area contributed by atoms with Gasteiger partial charge < -0.3 is 10.2 Å². The normalized spacial score (nSPS) is 23.6. The highest BCUT2D eigenvalue weighted by Crippen LogP contribution is 2.39. The summed E-state index contributed by atoms with van der Waals surface area (Å²) in [5.41, 5.74) is 3.11. The van der Waals surface area contributed by atoms with Crippen molar-refractivity contribution in [2.75, 3.05) is 19.6 Å². The van der Waals surface area contributed by atoms with Crippen LogP contribution in [0.2, 0.25) is 5.02 Å². The summed E-state index contributed by atoms with van der Waals surface area (Å²) in [6.45, 7) is 6.88. The summed E-state index contributed by atoms with van der Waals surface area (Å²) >= 11 is 6.41. The Labute approximate surface area is 137 Å². The van der Waals surface area contributed by atoms with Crippen molar-refractivity contribution in [2.24, 2.45) is 0 Å². The number of amides is 1. The first-order valence-corrected chi connectivity index (χ1v) is 7.89. The zero-order valence-corrected chi connectivity index (χ0v) is 14.1. The molecule has 0 unspecified atom stereocenters. The van der Waals surface area contributed by atoms with E-state index in [9.17, 15) is 4.79 Å². The number of nitrogens with zero attached hydrogens (tertiary/aromatic N) is 1. The van der Waals surface area contributed by atoms with Gasteiger partial charge in [0, 0.05) is 25.6 Å². The predicted molar refractivity (Wildman–Crippen MR) is 88.8 cm³/mol. The van der Waals surface area contributed by atoms with Gasteiger partial charge in [0.1, 0.15) is 0 Å². The van der Waals surface area contributed by atoms with Crippen LogP contribution in [0, 0.1) is 0 Å². The lowest BCUT2D eigenvalue weighted by Crippen LogP contribution is -2.48. The smallest absolute Gasteiger partial charge is 0.255 e. The van der Waals surface area contributed by atoms with Crippen molar-refractivity contribution in [3.8, 4) is 0 Å². The van der Waals surface area contributed by atoms with Gasteiger partial charge >= 0.3 is 0 Å². The minimum Gasteiger partial charge on any atom is -0.334 e. The van der Waals surface area contributed by atoms with Crippen LogP contribution in [0.4, 0.5) is 0 Å². The predicted octanol–water partition coefficient (Wildman–Crippen LogP) is 3.25. The number of aryl methyl sites for hydroxylation is 1. The van der Waals surface area contributed by atoms with E-state index in [1.54, 1.807) is 0 Å². The number of carbonyl (C=O) groups is 1. The largest absolute Gasteiger partial charge is 0.334 e. The lowest BCUT2D eigenvalue weighted by Gasteiger charge is -2.38. The van der Waals surface area contributed by atoms with Gasteiger partial charge in [0.15, 0.2) is 0 Å². The molecule has 1 aromatic carbocycles. The number of carbonyl (C=O) groups excluding carboxylic acids is 1. The summed E-state index contributed by atoms with van der Waals surface area (Å²) < 4.78 is 0. The third-order valence-corrected chi connectivity index (χ3v) is 4.81. The molecule has 0 aromatic heterocycles. The zero-order chi connectivity index (χ0) is 14.3. The SMILES string of the molecule is CCCN1C(=O)c2c(Cl)cc(CC)cc2[C@H]2CNC[C@@H]21.Cl. The summed E-state index contributed by atoms with van der Waals surface area (Å²) in [4.78, 5) is 14.8. The third-order valence-electron chi connectivity index (χ3n) is 4.51. The Morgan fingerprint density at radius 2 is 2.10 bits per heavy atom. The van der Waals surface area contributed by atoms with Crippen LogP contribution < -0.4 is 5.32 Å². The fraction of sp³-hybridized carbons (Fsp3) is 0.562. The Kier molecular flexibility index (Phi) is 5.18. The molecule has 116 valence electrons. The molecule has 2 heterocycles. The lowest BCUT2D eigenvalue weighted by molar-refractivity contribution is 0.0649. The first kappa shape index (κ1) is 16.6. The minimum absolute atomic E-state index is 0. The summed E-state index contributed by atoms with van der Waals surface area (Å²) in [6, 6.07) is 4.43. The topological polar surface area (TPSA) is 32.3 Å². The van der Waals surface area contributed by atoms with Crippen LogP contribution in [0.15, 0.2) is 12.1 Å². The van der Waals surface area contributed by atoms with E-state index in [1.807, 2.05) is 11.0 Å². The number of halogens is 2. The molecule has 0 radical (unpaired) electrons. The average Bonchev–Trinajstić information content (AvgIpc) is 2.92. The fourth-order valence-electron chi connectivity index (χ4n) is 3.52. The first-order chi connectivity index (χ1) is 9.67. The second-order valence-corrected chi connectivity index (χ2v) is 6.13. The standard InChI is InChI=1S/C16H21ClN2O.ClH/c1-3-5-19-14-9-18-8-12(14)11-6-10(4-2)7-13(17)15(11)16(19)20;/h6-7,12,14,18H,3-5,8-9H2,1-2H3;1H/t12-,14+;/m1./s1. The Balaban J connectivity index is 0.00000161. The van der Waals surface area contributed by atoms with E-state index in [1.165, 1.54) is 5.56 Å². The first-order valence-electron chi connectivity index (χ1n) is 7.51. The Morgan fingerprint density at radius 1 is 1.33 bits per heavy atom. The number of nitrogens with one attached hydrogen (secondary N) is 1. The molecular formula is C16H22Cl2N2O. The van der Waals surface area contributed by atoms with E-state index in [2.05, 4.69) is 25.2 Å².